The van der Waals surface area contributed by atoms with Crippen LogP contribution in [0.5, 0.6) is 0 Å². The minimum atomic E-state index is -1.13. The number of carbonyl (C=O) groups is 6. The number of halogens is 6. The van der Waals surface area contributed by atoms with Gasteiger partial charge in [0.15, 0.2) is 0 Å². The number of carboxylic acids is 6. The summed E-state index contributed by atoms with van der Waals surface area (Å²) in [6.07, 6.45) is 7.07. The first-order chi connectivity index (χ1) is 46.1. The van der Waals surface area contributed by atoms with Crippen molar-refractivity contribution in [3.63, 3.8) is 0 Å². The van der Waals surface area contributed by atoms with Crippen molar-refractivity contribution in [2.45, 2.75) is 0 Å². The fourth-order valence-corrected chi connectivity index (χ4v) is 9.17. The van der Waals surface area contributed by atoms with E-state index in [2.05, 4.69) is 165 Å². The summed E-state index contributed by atoms with van der Waals surface area (Å²) in [7, 11) is 0. The normalized spacial score (nSPS) is 9.26. The minimum absolute atomic E-state index is 0. The standard InChI is InChI=1S/2C15H11N3.6C7H5IO2.2Er.2H2O/c2*1-3-10-16-12(6-1)14-8-5-9-15(18-14)13-7-2-4-11-17-13;6*8-6-3-1-5(2-4-6)7(9)10;;;;/h2*1-11H;6*1-4H,(H,9,10);;;2*1H2/q;;;;;;;;2*+3;;/p-6. The summed E-state index contributed by atoms with van der Waals surface area (Å²) in [4.78, 5) is 87.6. The zero-order chi connectivity index (χ0) is 69.8. The van der Waals surface area contributed by atoms with Gasteiger partial charge in [0.1, 0.15) is 0 Å². The van der Waals surface area contributed by atoms with Crippen LogP contribution in [0, 0.1) is 96.0 Å². The first kappa shape index (κ1) is 91.8. The van der Waals surface area contributed by atoms with Crippen LogP contribution in [0.1, 0.15) is 62.1 Å². The fraction of sp³-hybridized carbons (Fsp3) is 0. The van der Waals surface area contributed by atoms with E-state index in [0.29, 0.717) is 0 Å². The molecular formula is C72H50Er2I6N6O14. The SMILES string of the molecule is O.O.O=C([O-])c1ccc(I)cc1.O=C([O-])c1ccc(I)cc1.O=C([O-])c1ccc(I)cc1.O=C([O-])c1ccc(I)cc1.O=C([O-])c1ccc(I)cc1.O=C([O-])c1ccc(I)cc1.[Er+3].[Er+3].c1ccc(-c2cccc(-c3ccccn3)n2)nc1.c1ccc(-c2cccc(-c3ccccn3)n2)nc1. The molecule has 0 saturated carbocycles. The van der Waals surface area contributed by atoms with Crippen LogP contribution < -0.4 is 30.6 Å². The predicted octanol–water partition coefficient (Wildman–Crippen LogP) is 8.69. The zero-order valence-electron chi connectivity index (χ0n) is 51.0. The number of pyridine rings is 6. The molecule has 20 nitrogen and oxygen atoms in total. The average molecular weight is 2320 g/mol. The molecule has 0 aliphatic carbocycles. The molecule has 2 radical (unpaired) electrons. The first-order valence-corrected chi connectivity index (χ1v) is 33.9. The van der Waals surface area contributed by atoms with Gasteiger partial charge in [-0.05, 0) is 315 Å². The van der Waals surface area contributed by atoms with Gasteiger partial charge in [0.2, 0.25) is 0 Å². The Kier molecular flexibility index (Phi) is 46.9. The van der Waals surface area contributed by atoms with Crippen LogP contribution in [-0.2, 0) is 0 Å². The summed E-state index contributed by atoms with van der Waals surface area (Å²) in [6, 6.07) is 74.0. The van der Waals surface area contributed by atoms with E-state index in [0.717, 1.165) is 67.0 Å². The second-order valence-electron chi connectivity index (χ2n) is 18.4. The van der Waals surface area contributed by atoms with Gasteiger partial charge in [0.05, 0.1) is 81.4 Å². The Bertz CT molecular complexity index is 3750. The molecule has 6 aromatic heterocycles. The topological polar surface area (TPSA) is 381 Å². The van der Waals surface area contributed by atoms with Crippen LogP contribution in [0.3, 0.4) is 0 Å². The van der Waals surface area contributed by atoms with E-state index in [1.165, 1.54) is 72.8 Å². The van der Waals surface area contributed by atoms with Gasteiger partial charge in [-0.2, -0.15) is 0 Å². The number of aromatic carboxylic acids is 6. The summed E-state index contributed by atoms with van der Waals surface area (Å²) >= 11 is 12.6. The van der Waals surface area contributed by atoms with Crippen molar-refractivity contribution in [2.24, 2.45) is 0 Å². The van der Waals surface area contributed by atoms with Crippen molar-refractivity contribution in [1.82, 2.24) is 29.9 Å². The third-order valence-corrected chi connectivity index (χ3v) is 16.0. The number of benzene rings is 6. The van der Waals surface area contributed by atoms with E-state index in [-0.39, 0.29) is 119 Å². The van der Waals surface area contributed by atoms with Crippen molar-refractivity contribution in [3.05, 3.63) is 334 Å². The van der Waals surface area contributed by atoms with Crippen molar-refractivity contribution < 1.29 is 145 Å². The van der Waals surface area contributed by atoms with Crippen molar-refractivity contribution in [1.29, 1.82) is 0 Å². The monoisotopic (exact) mass is 2320 g/mol. The molecule has 0 saturated heterocycles. The number of hydrogen-bond donors (Lipinski definition) is 0. The summed E-state index contributed by atoms with van der Waals surface area (Å²) in [5, 5.41) is 61.2. The maximum atomic E-state index is 10.2. The van der Waals surface area contributed by atoms with E-state index in [1.807, 2.05) is 109 Å². The van der Waals surface area contributed by atoms with Crippen LogP contribution in [0.4, 0.5) is 0 Å². The Hall–Kier alpha value is -6.17. The quantitative estimate of drug-likeness (QED) is 0.115. The molecule has 0 amide bonds. The molecule has 0 aliphatic heterocycles. The molecular weight excluding hydrogens is 2270 g/mol. The molecule has 100 heavy (non-hydrogen) atoms. The molecule has 0 bridgehead atoms. The Morgan fingerprint density at radius 1 is 0.210 bits per heavy atom. The summed E-state index contributed by atoms with van der Waals surface area (Å²) < 4.78 is 6.10. The van der Waals surface area contributed by atoms with Gasteiger partial charge in [0, 0.05) is 46.2 Å². The van der Waals surface area contributed by atoms with E-state index >= 15 is 0 Å². The molecule has 0 spiro atoms. The summed E-state index contributed by atoms with van der Waals surface area (Å²) in [6.45, 7) is 0. The van der Waals surface area contributed by atoms with E-state index in [1.54, 1.807) is 97.6 Å². The molecule has 6 aromatic carbocycles. The van der Waals surface area contributed by atoms with Crippen LogP contribution in [0.25, 0.3) is 45.6 Å². The van der Waals surface area contributed by atoms with Gasteiger partial charge in [0.25, 0.3) is 0 Å². The molecule has 6 heterocycles. The van der Waals surface area contributed by atoms with E-state index < -0.39 is 35.8 Å². The van der Waals surface area contributed by atoms with Crippen LogP contribution >= 0.6 is 136 Å². The Morgan fingerprint density at radius 3 is 0.470 bits per heavy atom. The van der Waals surface area contributed by atoms with Gasteiger partial charge in [-0.15, -0.1) is 0 Å². The molecule has 0 atom stereocenters. The number of rotatable bonds is 10. The fourth-order valence-electron chi connectivity index (χ4n) is 7.01. The second-order valence-corrected chi connectivity index (χ2v) is 25.9. The number of carboxylic acid groups (broad SMARTS) is 6. The second kappa shape index (κ2) is 51.1. The zero-order valence-corrected chi connectivity index (χ0v) is 67.6. The summed E-state index contributed by atoms with van der Waals surface area (Å²) in [5.74, 6) is -6.77. The smallest absolute Gasteiger partial charge is 0.545 e. The Labute approximate surface area is 715 Å². The van der Waals surface area contributed by atoms with Crippen molar-refractivity contribution in [2.75, 3.05) is 0 Å². The molecule has 12 rings (SSSR count). The maximum Gasteiger partial charge on any atom is 3.00 e. The molecule has 518 valence electrons. The minimum Gasteiger partial charge on any atom is -0.545 e. The number of aromatic nitrogens is 6. The van der Waals surface area contributed by atoms with Crippen LogP contribution in [0.15, 0.2) is 280 Å². The number of carbonyl (C=O) groups excluding carboxylic acids is 6. The molecule has 4 N–H and O–H groups in total. The average Bonchev–Trinajstić information content (AvgIpc) is 0.848. The molecule has 0 fully saturated rings. The third-order valence-electron chi connectivity index (χ3n) is 11.7. The van der Waals surface area contributed by atoms with Crippen molar-refractivity contribution >= 4 is 171 Å². The maximum absolute atomic E-state index is 10.2. The van der Waals surface area contributed by atoms with Gasteiger partial charge in [-0.25, -0.2) is 9.97 Å². The third kappa shape index (κ3) is 35.6. The van der Waals surface area contributed by atoms with Crippen LogP contribution in [0.2, 0.25) is 0 Å². The Morgan fingerprint density at radius 2 is 0.350 bits per heavy atom. The Balaban J connectivity index is 0.000000577. The number of hydrogen-bond acceptors (Lipinski definition) is 18. The molecule has 12 aromatic rings. The summed E-state index contributed by atoms with van der Waals surface area (Å²) in [5.41, 5.74) is 8.26. The van der Waals surface area contributed by atoms with E-state index in [9.17, 15) is 59.4 Å². The predicted molar refractivity (Wildman–Crippen MR) is 410 cm³/mol. The molecule has 28 heteroatoms. The van der Waals surface area contributed by atoms with E-state index in [4.69, 9.17) is 0 Å². The van der Waals surface area contributed by atoms with Gasteiger partial charge >= 0.3 is 74.6 Å². The molecule has 0 unspecified atom stereocenters. The largest absolute Gasteiger partial charge is 3.00 e. The van der Waals surface area contributed by atoms with Gasteiger partial charge < -0.3 is 70.4 Å². The van der Waals surface area contributed by atoms with Gasteiger partial charge in [-0.3, -0.25) is 19.9 Å². The molecule has 0 aliphatic rings. The van der Waals surface area contributed by atoms with Crippen molar-refractivity contribution in [3.8, 4) is 45.6 Å². The first-order valence-electron chi connectivity index (χ1n) is 27.5. The van der Waals surface area contributed by atoms with Crippen LogP contribution in [-0.4, -0.2) is 76.7 Å². The van der Waals surface area contributed by atoms with Gasteiger partial charge in [-0.1, -0.05) is 109 Å². The number of nitrogens with zero attached hydrogens (tertiary/aromatic N) is 6.